The van der Waals surface area contributed by atoms with Crippen molar-refractivity contribution in [1.29, 1.82) is 0 Å². The van der Waals surface area contributed by atoms with Gasteiger partial charge in [-0.2, -0.15) is 0 Å². The van der Waals surface area contributed by atoms with E-state index in [2.05, 4.69) is 34.1 Å². The molecule has 0 aromatic carbocycles. The second kappa shape index (κ2) is 5.98. The largest absolute Gasteiger partial charge is 0.392 e. The normalized spacial score (nSPS) is 12.5. The van der Waals surface area contributed by atoms with Crippen molar-refractivity contribution < 1.29 is 5.11 Å². The quantitative estimate of drug-likeness (QED) is 0.774. The molecule has 3 aromatic rings. The summed E-state index contributed by atoms with van der Waals surface area (Å²) in [7, 11) is 0. The van der Waals surface area contributed by atoms with Gasteiger partial charge in [-0.25, -0.2) is 9.97 Å². The van der Waals surface area contributed by atoms with Gasteiger partial charge in [-0.1, -0.05) is 0 Å². The van der Waals surface area contributed by atoms with Crippen molar-refractivity contribution in [1.82, 2.24) is 15.0 Å². The Kier molecular flexibility index (Phi) is 4.04. The summed E-state index contributed by atoms with van der Waals surface area (Å²) in [6, 6.07) is 3.82. The molecule has 3 rings (SSSR count). The highest BCUT2D eigenvalue weighted by Crippen LogP contribution is 2.34. The highest BCUT2D eigenvalue weighted by molar-refractivity contribution is 7.18. The fourth-order valence-corrected chi connectivity index (χ4v) is 3.28. The smallest absolute Gasteiger partial charge is 0.164 e. The van der Waals surface area contributed by atoms with Crippen molar-refractivity contribution in [3.8, 4) is 11.4 Å². The molecule has 0 amide bonds. The molecule has 0 saturated carbocycles. The molecule has 0 unspecified atom stereocenters. The molecule has 1 atom stereocenters. The second-order valence-corrected chi connectivity index (χ2v) is 6.53. The zero-order valence-corrected chi connectivity index (χ0v) is 13.6. The van der Waals surface area contributed by atoms with Crippen LogP contribution in [0.2, 0.25) is 0 Å². The topological polar surface area (TPSA) is 70.9 Å². The van der Waals surface area contributed by atoms with Crippen molar-refractivity contribution in [2.75, 3.05) is 11.9 Å². The molecule has 0 spiro atoms. The van der Waals surface area contributed by atoms with Gasteiger partial charge in [0.05, 0.1) is 11.5 Å². The van der Waals surface area contributed by atoms with Crippen molar-refractivity contribution in [3.63, 3.8) is 0 Å². The number of fused-ring (bicyclic) bond motifs is 1. The predicted molar refractivity (Wildman–Crippen MR) is 90.3 cm³/mol. The lowest BCUT2D eigenvalue weighted by atomic mass is 10.2. The molecule has 22 heavy (non-hydrogen) atoms. The van der Waals surface area contributed by atoms with Gasteiger partial charge in [-0.15, -0.1) is 11.3 Å². The number of hydrogen-bond acceptors (Lipinski definition) is 6. The summed E-state index contributed by atoms with van der Waals surface area (Å²) in [6.07, 6.45) is 3.05. The van der Waals surface area contributed by atoms with Crippen LogP contribution in [0.15, 0.2) is 24.5 Å². The fraction of sp³-hybridized carbons (Fsp3) is 0.312. The minimum Gasteiger partial charge on any atom is -0.392 e. The van der Waals surface area contributed by atoms with E-state index in [1.54, 1.807) is 30.7 Å². The zero-order valence-electron chi connectivity index (χ0n) is 12.8. The number of aromatic nitrogens is 3. The zero-order chi connectivity index (χ0) is 15.7. The molecule has 2 N–H and O–H groups in total. The lowest BCUT2D eigenvalue weighted by Gasteiger charge is -2.11. The van der Waals surface area contributed by atoms with Crippen molar-refractivity contribution >= 4 is 27.4 Å². The number of hydrogen-bond donors (Lipinski definition) is 2. The molecule has 0 radical (unpaired) electrons. The van der Waals surface area contributed by atoms with Gasteiger partial charge in [0.25, 0.3) is 0 Å². The van der Waals surface area contributed by atoms with Crippen LogP contribution in [0.3, 0.4) is 0 Å². The lowest BCUT2D eigenvalue weighted by Crippen LogP contribution is -2.16. The number of rotatable bonds is 4. The van der Waals surface area contributed by atoms with Crippen LogP contribution in [0.4, 0.5) is 5.82 Å². The summed E-state index contributed by atoms with van der Waals surface area (Å²) in [6.45, 7) is 6.37. The number of aliphatic hydroxyl groups excluding tert-OH is 1. The monoisotopic (exact) mass is 314 g/mol. The number of thiophene rings is 1. The number of nitrogens with zero attached hydrogens (tertiary/aromatic N) is 3. The number of aliphatic hydroxyl groups is 1. The maximum atomic E-state index is 9.53. The maximum Gasteiger partial charge on any atom is 0.164 e. The summed E-state index contributed by atoms with van der Waals surface area (Å²) >= 11 is 1.66. The molecule has 0 bridgehead atoms. The minimum atomic E-state index is -0.438. The van der Waals surface area contributed by atoms with E-state index in [4.69, 9.17) is 0 Å². The molecule has 0 aliphatic heterocycles. The van der Waals surface area contributed by atoms with Gasteiger partial charge in [0, 0.05) is 29.4 Å². The molecule has 114 valence electrons. The number of nitrogens with one attached hydrogen (secondary N) is 1. The third kappa shape index (κ3) is 2.80. The van der Waals surface area contributed by atoms with E-state index in [9.17, 15) is 5.11 Å². The standard InChI is InChI=1S/C16H18N4OS/c1-9(21)7-18-15-13-10(2)11(3)22-16(13)20-14(19-15)12-5-4-6-17-8-12/h4-6,8-9,21H,7H2,1-3H3,(H,18,19,20)/t9-/m0/s1. The highest BCUT2D eigenvalue weighted by atomic mass is 32.1. The first kappa shape index (κ1) is 14.9. The van der Waals surface area contributed by atoms with Crippen LogP contribution < -0.4 is 5.32 Å². The SMILES string of the molecule is Cc1sc2nc(-c3cccnc3)nc(NC[C@H](C)O)c2c1C. The minimum absolute atomic E-state index is 0.438. The first-order valence-electron chi connectivity index (χ1n) is 7.16. The molecule has 5 nitrogen and oxygen atoms in total. The van der Waals surface area contributed by atoms with Crippen molar-refractivity contribution in [2.45, 2.75) is 26.9 Å². The van der Waals surface area contributed by atoms with Crippen LogP contribution in [-0.2, 0) is 0 Å². The molecular formula is C16H18N4OS. The van der Waals surface area contributed by atoms with Gasteiger partial charge >= 0.3 is 0 Å². The summed E-state index contributed by atoms with van der Waals surface area (Å²) < 4.78 is 0. The van der Waals surface area contributed by atoms with Gasteiger partial charge in [0.15, 0.2) is 5.82 Å². The molecule has 0 aliphatic rings. The number of aryl methyl sites for hydroxylation is 2. The predicted octanol–water partition coefficient (Wildman–Crippen LogP) is 3.16. The summed E-state index contributed by atoms with van der Waals surface area (Å²) in [5.41, 5.74) is 2.07. The van der Waals surface area contributed by atoms with Crippen LogP contribution in [0.1, 0.15) is 17.4 Å². The average Bonchev–Trinajstić information content (AvgIpc) is 2.80. The Morgan fingerprint density at radius 1 is 1.32 bits per heavy atom. The van der Waals surface area contributed by atoms with E-state index in [-0.39, 0.29) is 0 Å². The lowest BCUT2D eigenvalue weighted by molar-refractivity contribution is 0.208. The van der Waals surface area contributed by atoms with Gasteiger partial charge in [0.2, 0.25) is 0 Å². The Labute approximate surface area is 133 Å². The van der Waals surface area contributed by atoms with Crippen LogP contribution in [0.5, 0.6) is 0 Å². The van der Waals surface area contributed by atoms with Crippen LogP contribution in [0.25, 0.3) is 21.6 Å². The molecular weight excluding hydrogens is 296 g/mol. The van der Waals surface area contributed by atoms with Crippen molar-refractivity contribution in [2.24, 2.45) is 0 Å². The van der Waals surface area contributed by atoms with Gasteiger partial charge in [-0.3, -0.25) is 4.98 Å². The molecule has 3 aromatic heterocycles. The third-order valence-corrected chi connectivity index (χ3v) is 4.61. The average molecular weight is 314 g/mol. The summed E-state index contributed by atoms with van der Waals surface area (Å²) in [4.78, 5) is 15.6. The van der Waals surface area contributed by atoms with E-state index >= 15 is 0 Å². The molecule has 3 heterocycles. The highest BCUT2D eigenvalue weighted by Gasteiger charge is 2.15. The van der Waals surface area contributed by atoms with E-state index in [1.807, 2.05) is 12.1 Å². The van der Waals surface area contributed by atoms with Gasteiger partial charge in [0.1, 0.15) is 10.6 Å². The first-order valence-corrected chi connectivity index (χ1v) is 7.98. The summed E-state index contributed by atoms with van der Waals surface area (Å²) in [5.74, 6) is 1.42. The van der Waals surface area contributed by atoms with Crippen LogP contribution in [-0.4, -0.2) is 32.7 Å². The van der Waals surface area contributed by atoms with Gasteiger partial charge < -0.3 is 10.4 Å². The number of anilines is 1. The molecule has 0 saturated heterocycles. The Morgan fingerprint density at radius 3 is 2.82 bits per heavy atom. The van der Waals surface area contributed by atoms with E-state index in [0.717, 1.165) is 21.6 Å². The fourth-order valence-electron chi connectivity index (χ4n) is 2.25. The Morgan fingerprint density at radius 2 is 2.14 bits per heavy atom. The van der Waals surface area contributed by atoms with Crippen molar-refractivity contribution in [3.05, 3.63) is 35.0 Å². The summed E-state index contributed by atoms with van der Waals surface area (Å²) in [5, 5.41) is 13.8. The first-order chi connectivity index (χ1) is 10.6. The maximum absolute atomic E-state index is 9.53. The Balaban J connectivity index is 2.16. The van der Waals surface area contributed by atoms with Crippen LogP contribution >= 0.6 is 11.3 Å². The van der Waals surface area contributed by atoms with E-state index < -0.39 is 6.10 Å². The molecule has 6 heteroatoms. The second-order valence-electron chi connectivity index (χ2n) is 5.33. The molecule has 0 aliphatic carbocycles. The Bertz CT molecular complexity index is 799. The molecule has 0 fully saturated rings. The van der Waals surface area contributed by atoms with E-state index in [0.29, 0.717) is 12.4 Å². The van der Waals surface area contributed by atoms with Gasteiger partial charge in [-0.05, 0) is 38.5 Å². The van der Waals surface area contributed by atoms with Crippen LogP contribution in [0, 0.1) is 13.8 Å². The Hall–Kier alpha value is -2.05. The van der Waals surface area contributed by atoms with E-state index in [1.165, 1.54) is 10.4 Å². The third-order valence-electron chi connectivity index (χ3n) is 3.51. The number of pyridine rings is 1.